The molecule has 0 bridgehead atoms. The minimum Gasteiger partial charge on any atom is -0.394 e. The monoisotopic (exact) mass is 155 g/mol. The number of rotatable bonds is 2. The smallest absolute Gasteiger partial charge is 0.122 e. The predicted octanol–water partition coefficient (Wildman–Crippen LogP) is 0.327. The fourth-order valence-electron chi connectivity index (χ4n) is 0.967. The first-order valence-electron chi connectivity index (χ1n) is 3.57. The quantitative estimate of drug-likeness (QED) is 0.646. The first-order valence-corrected chi connectivity index (χ1v) is 3.57. The molecule has 0 aliphatic rings. The summed E-state index contributed by atoms with van der Waals surface area (Å²) in [5.74, 6) is 0.601. The van der Waals surface area contributed by atoms with E-state index >= 15 is 0 Å². The molecule has 0 aliphatic carbocycles. The van der Waals surface area contributed by atoms with E-state index in [-0.39, 0.29) is 12.6 Å². The van der Waals surface area contributed by atoms with Gasteiger partial charge in [0.15, 0.2) is 0 Å². The second-order valence-corrected chi connectivity index (χ2v) is 2.69. The number of nitrogens with two attached hydrogens (primary N) is 1. The zero-order chi connectivity index (χ0) is 8.43. The van der Waals surface area contributed by atoms with Crippen molar-refractivity contribution in [1.29, 1.82) is 0 Å². The average molecular weight is 155 g/mol. The van der Waals surface area contributed by atoms with Crippen molar-refractivity contribution in [2.75, 3.05) is 12.3 Å². The topological polar surface area (TPSA) is 64.1 Å². The predicted molar refractivity (Wildman–Crippen MR) is 43.2 cm³/mol. The van der Waals surface area contributed by atoms with Crippen molar-refractivity contribution in [3.8, 4) is 0 Å². The Kier molecular flexibility index (Phi) is 2.14. The van der Waals surface area contributed by atoms with E-state index in [1.807, 2.05) is 13.8 Å². The molecule has 1 atom stereocenters. The SMILES string of the molecule is Cc1cc(N)n(C(C)CO)n1. The highest BCUT2D eigenvalue weighted by molar-refractivity contribution is 5.30. The molecule has 0 fully saturated rings. The molecule has 4 heteroatoms. The molecule has 0 saturated heterocycles. The van der Waals surface area contributed by atoms with Crippen LogP contribution in [-0.4, -0.2) is 21.5 Å². The number of hydrogen-bond donors (Lipinski definition) is 2. The second kappa shape index (κ2) is 2.92. The standard InChI is InChI=1S/C7H13N3O/c1-5-3-7(8)10(9-5)6(2)4-11/h3,6,11H,4,8H2,1-2H3. The molecule has 0 radical (unpaired) electrons. The summed E-state index contributed by atoms with van der Waals surface area (Å²) in [4.78, 5) is 0. The lowest BCUT2D eigenvalue weighted by Crippen LogP contribution is -2.13. The maximum atomic E-state index is 8.81. The molecule has 0 aromatic carbocycles. The zero-order valence-corrected chi connectivity index (χ0v) is 6.78. The van der Waals surface area contributed by atoms with Crippen molar-refractivity contribution in [1.82, 2.24) is 9.78 Å². The van der Waals surface area contributed by atoms with Gasteiger partial charge in [-0.15, -0.1) is 0 Å². The van der Waals surface area contributed by atoms with Gasteiger partial charge in [0.2, 0.25) is 0 Å². The van der Waals surface area contributed by atoms with Crippen LogP contribution in [0.2, 0.25) is 0 Å². The Bertz CT molecular complexity index is 244. The molecule has 1 aromatic rings. The summed E-state index contributed by atoms with van der Waals surface area (Å²) >= 11 is 0. The van der Waals surface area contributed by atoms with Crippen LogP contribution in [0, 0.1) is 6.92 Å². The summed E-state index contributed by atoms with van der Waals surface area (Å²) in [7, 11) is 0. The molecule has 0 aliphatic heterocycles. The third-order valence-electron chi connectivity index (χ3n) is 1.57. The Morgan fingerprint density at radius 3 is 2.82 bits per heavy atom. The van der Waals surface area contributed by atoms with Gasteiger partial charge in [-0.3, -0.25) is 0 Å². The first-order chi connectivity index (χ1) is 5.15. The van der Waals surface area contributed by atoms with E-state index < -0.39 is 0 Å². The number of hydrogen-bond acceptors (Lipinski definition) is 3. The van der Waals surface area contributed by atoms with E-state index in [0.29, 0.717) is 5.82 Å². The van der Waals surface area contributed by atoms with Gasteiger partial charge in [0, 0.05) is 6.07 Å². The van der Waals surface area contributed by atoms with Gasteiger partial charge in [0.25, 0.3) is 0 Å². The summed E-state index contributed by atoms with van der Waals surface area (Å²) in [5.41, 5.74) is 6.48. The molecule has 1 unspecified atom stereocenters. The van der Waals surface area contributed by atoms with Gasteiger partial charge in [-0.05, 0) is 13.8 Å². The lowest BCUT2D eigenvalue weighted by atomic mass is 10.4. The highest BCUT2D eigenvalue weighted by Crippen LogP contribution is 2.11. The molecular weight excluding hydrogens is 142 g/mol. The van der Waals surface area contributed by atoms with Crippen molar-refractivity contribution in [3.63, 3.8) is 0 Å². The van der Waals surface area contributed by atoms with Gasteiger partial charge in [-0.1, -0.05) is 0 Å². The van der Waals surface area contributed by atoms with Crippen LogP contribution in [-0.2, 0) is 0 Å². The number of nitrogens with zero attached hydrogens (tertiary/aromatic N) is 2. The van der Waals surface area contributed by atoms with E-state index in [1.54, 1.807) is 10.7 Å². The molecule has 1 rings (SSSR count). The van der Waals surface area contributed by atoms with Crippen molar-refractivity contribution in [3.05, 3.63) is 11.8 Å². The number of aromatic nitrogens is 2. The van der Waals surface area contributed by atoms with Crippen LogP contribution in [0.4, 0.5) is 5.82 Å². The van der Waals surface area contributed by atoms with Gasteiger partial charge in [0.1, 0.15) is 5.82 Å². The van der Waals surface area contributed by atoms with Gasteiger partial charge in [-0.25, -0.2) is 4.68 Å². The largest absolute Gasteiger partial charge is 0.394 e. The zero-order valence-electron chi connectivity index (χ0n) is 6.78. The lowest BCUT2D eigenvalue weighted by molar-refractivity contribution is 0.231. The first kappa shape index (κ1) is 8.07. The summed E-state index contributed by atoms with van der Waals surface area (Å²) in [6.45, 7) is 3.80. The Labute approximate surface area is 65.6 Å². The lowest BCUT2D eigenvalue weighted by Gasteiger charge is -2.09. The van der Waals surface area contributed by atoms with Crippen LogP contribution in [0.1, 0.15) is 18.7 Å². The number of aliphatic hydroxyl groups excluding tert-OH is 1. The van der Waals surface area contributed by atoms with Crippen molar-refractivity contribution in [2.45, 2.75) is 19.9 Å². The van der Waals surface area contributed by atoms with E-state index in [4.69, 9.17) is 10.8 Å². The van der Waals surface area contributed by atoms with Gasteiger partial charge in [-0.2, -0.15) is 5.10 Å². The Morgan fingerprint density at radius 1 is 1.82 bits per heavy atom. The van der Waals surface area contributed by atoms with Crippen molar-refractivity contribution < 1.29 is 5.11 Å². The molecule has 1 aromatic heterocycles. The molecule has 4 nitrogen and oxygen atoms in total. The number of anilines is 1. The fourth-order valence-corrected chi connectivity index (χ4v) is 0.967. The number of nitrogen functional groups attached to an aromatic ring is 1. The molecule has 0 saturated carbocycles. The van der Waals surface area contributed by atoms with E-state index in [9.17, 15) is 0 Å². The molecule has 0 spiro atoms. The second-order valence-electron chi connectivity index (χ2n) is 2.69. The van der Waals surface area contributed by atoms with Crippen LogP contribution in [0.15, 0.2) is 6.07 Å². The summed E-state index contributed by atoms with van der Waals surface area (Å²) < 4.78 is 1.62. The Hall–Kier alpha value is -1.03. The molecule has 1 heterocycles. The highest BCUT2D eigenvalue weighted by atomic mass is 16.3. The van der Waals surface area contributed by atoms with Crippen LogP contribution in [0.25, 0.3) is 0 Å². The van der Waals surface area contributed by atoms with Crippen LogP contribution in [0.5, 0.6) is 0 Å². The van der Waals surface area contributed by atoms with Crippen molar-refractivity contribution in [2.24, 2.45) is 0 Å². The fraction of sp³-hybridized carbons (Fsp3) is 0.571. The third kappa shape index (κ3) is 1.51. The highest BCUT2D eigenvalue weighted by Gasteiger charge is 2.07. The van der Waals surface area contributed by atoms with Crippen LogP contribution >= 0.6 is 0 Å². The van der Waals surface area contributed by atoms with E-state index in [0.717, 1.165) is 5.69 Å². The molecule has 3 N–H and O–H groups in total. The van der Waals surface area contributed by atoms with Gasteiger partial charge >= 0.3 is 0 Å². The van der Waals surface area contributed by atoms with Crippen LogP contribution in [0.3, 0.4) is 0 Å². The Balaban J connectivity index is 2.93. The van der Waals surface area contributed by atoms with Gasteiger partial charge in [0.05, 0.1) is 18.3 Å². The Morgan fingerprint density at radius 2 is 2.45 bits per heavy atom. The maximum absolute atomic E-state index is 8.81. The molecule has 62 valence electrons. The maximum Gasteiger partial charge on any atom is 0.122 e. The van der Waals surface area contributed by atoms with Crippen LogP contribution < -0.4 is 5.73 Å². The van der Waals surface area contributed by atoms with Gasteiger partial charge < -0.3 is 10.8 Å². The number of aryl methyl sites for hydroxylation is 1. The van der Waals surface area contributed by atoms with E-state index in [1.165, 1.54) is 0 Å². The third-order valence-corrected chi connectivity index (χ3v) is 1.57. The minimum atomic E-state index is -0.0382. The average Bonchev–Trinajstić information content (AvgIpc) is 2.28. The number of aliphatic hydroxyl groups is 1. The summed E-state index contributed by atoms with van der Waals surface area (Å²) in [6, 6.07) is 1.75. The summed E-state index contributed by atoms with van der Waals surface area (Å²) in [5, 5.41) is 12.9. The summed E-state index contributed by atoms with van der Waals surface area (Å²) in [6.07, 6.45) is 0. The van der Waals surface area contributed by atoms with E-state index in [2.05, 4.69) is 5.10 Å². The molecular formula is C7H13N3O. The molecule has 0 amide bonds. The van der Waals surface area contributed by atoms with Crippen molar-refractivity contribution >= 4 is 5.82 Å². The minimum absolute atomic E-state index is 0.0382. The normalized spacial score (nSPS) is 13.4. The molecule has 11 heavy (non-hydrogen) atoms.